The molecule has 0 atom stereocenters. The summed E-state index contributed by atoms with van der Waals surface area (Å²) in [5.41, 5.74) is 3.47. The Bertz CT molecular complexity index is 1250. The van der Waals surface area contributed by atoms with Crippen LogP contribution in [-0.2, 0) is 9.53 Å². The first-order valence-electron chi connectivity index (χ1n) is 11.4. The van der Waals surface area contributed by atoms with Crippen molar-refractivity contribution in [3.63, 3.8) is 0 Å². The molecule has 0 aliphatic carbocycles. The molecule has 7 nitrogen and oxygen atoms in total. The summed E-state index contributed by atoms with van der Waals surface area (Å²) in [6.45, 7) is 9.99. The normalized spacial score (nSPS) is 14.1. The molecule has 0 radical (unpaired) electrons. The molecule has 1 aliphatic heterocycles. The van der Waals surface area contributed by atoms with Gasteiger partial charge in [0.15, 0.2) is 0 Å². The number of halogens is 1. The number of anilines is 1. The van der Waals surface area contributed by atoms with Crippen molar-refractivity contribution in [3.8, 4) is 0 Å². The van der Waals surface area contributed by atoms with Crippen molar-refractivity contribution < 1.29 is 18.7 Å². The summed E-state index contributed by atoms with van der Waals surface area (Å²) in [4.78, 5) is 35.1. The molecular formula is C28H29FN4O3. The number of nitrogens with one attached hydrogen (secondary N) is 1. The predicted octanol–water partition coefficient (Wildman–Crippen LogP) is 5.17. The van der Waals surface area contributed by atoms with E-state index in [0.717, 1.165) is 16.7 Å². The second-order valence-electron chi connectivity index (χ2n) is 8.24. The zero-order valence-corrected chi connectivity index (χ0v) is 20.5. The Morgan fingerprint density at radius 2 is 2.00 bits per heavy atom. The molecule has 36 heavy (non-hydrogen) atoms. The molecule has 0 unspecified atom stereocenters. The Morgan fingerprint density at radius 1 is 1.19 bits per heavy atom. The second kappa shape index (κ2) is 12.4. The van der Waals surface area contributed by atoms with Crippen molar-refractivity contribution in [1.82, 2.24) is 14.9 Å². The Balaban J connectivity index is 1.58. The molecule has 2 aromatic rings. The van der Waals surface area contributed by atoms with Crippen LogP contribution in [0.4, 0.5) is 10.2 Å². The van der Waals surface area contributed by atoms with E-state index < -0.39 is 5.83 Å². The van der Waals surface area contributed by atoms with E-state index in [1.165, 1.54) is 25.5 Å². The van der Waals surface area contributed by atoms with Crippen LogP contribution in [0.2, 0.25) is 0 Å². The highest BCUT2D eigenvalue weighted by atomic mass is 19.1. The number of aryl methyl sites for hydroxylation is 1. The maximum atomic E-state index is 13.5. The maximum absolute atomic E-state index is 13.5. The highest BCUT2D eigenvalue weighted by molar-refractivity contribution is 6.03. The Hall–Kier alpha value is -4.33. The van der Waals surface area contributed by atoms with Gasteiger partial charge in [0.05, 0.1) is 12.7 Å². The van der Waals surface area contributed by atoms with Crippen LogP contribution in [0.15, 0.2) is 90.9 Å². The number of pyridine rings is 2. The number of nitrogens with zero attached hydrogens (tertiary/aromatic N) is 3. The van der Waals surface area contributed by atoms with E-state index in [-0.39, 0.29) is 11.8 Å². The van der Waals surface area contributed by atoms with Gasteiger partial charge in [-0.25, -0.2) is 9.37 Å². The summed E-state index contributed by atoms with van der Waals surface area (Å²) < 4.78 is 18.6. The fourth-order valence-electron chi connectivity index (χ4n) is 3.67. The molecule has 0 saturated heterocycles. The molecule has 0 fully saturated rings. The first-order valence-corrected chi connectivity index (χ1v) is 11.4. The molecule has 1 aliphatic rings. The lowest BCUT2D eigenvalue weighted by Crippen LogP contribution is -2.30. The minimum atomic E-state index is -0.587. The molecule has 186 valence electrons. The second-order valence-corrected chi connectivity index (χ2v) is 8.24. The molecule has 0 aromatic carbocycles. The van der Waals surface area contributed by atoms with Crippen LogP contribution in [-0.4, -0.2) is 46.9 Å². The number of rotatable bonds is 8. The van der Waals surface area contributed by atoms with Crippen LogP contribution < -0.4 is 5.32 Å². The zero-order chi connectivity index (χ0) is 26.1. The van der Waals surface area contributed by atoms with Crippen LogP contribution in [0.25, 0.3) is 6.08 Å². The smallest absolute Gasteiger partial charge is 0.258 e. The number of carbonyl (C=O) groups excluding carboxylic acids is 2. The lowest BCUT2D eigenvalue weighted by Gasteiger charge is -2.19. The fraction of sp³-hybridized carbons (Fsp3) is 0.214. The fourth-order valence-corrected chi connectivity index (χ4v) is 3.67. The lowest BCUT2D eigenvalue weighted by atomic mass is 10.00. The third-order valence-corrected chi connectivity index (χ3v) is 5.53. The van der Waals surface area contributed by atoms with Crippen LogP contribution in [0, 0.1) is 6.92 Å². The molecule has 0 saturated carbocycles. The van der Waals surface area contributed by atoms with Gasteiger partial charge in [-0.1, -0.05) is 19.2 Å². The number of allylic oxidation sites excluding steroid dienone is 3. The summed E-state index contributed by atoms with van der Waals surface area (Å²) >= 11 is 0. The molecule has 8 heteroatoms. The van der Waals surface area contributed by atoms with Gasteiger partial charge in [0.1, 0.15) is 17.4 Å². The van der Waals surface area contributed by atoms with Gasteiger partial charge in [-0.05, 0) is 66.8 Å². The molecule has 1 N–H and O–H groups in total. The predicted molar refractivity (Wildman–Crippen MR) is 139 cm³/mol. The molecule has 0 bridgehead atoms. The summed E-state index contributed by atoms with van der Waals surface area (Å²) in [5.74, 6) is -0.277. The quantitative estimate of drug-likeness (QED) is 0.315. The SMILES string of the molecule is C=C(F)/C=C(\C(=C)OC)C1=CCCN(C(=O)/C=C/c2ccc(NC(=O)c3cncc(C)c3)nc2)CC1. The van der Waals surface area contributed by atoms with Gasteiger partial charge in [0, 0.05) is 43.3 Å². The van der Waals surface area contributed by atoms with Crippen LogP contribution in [0.3, 0.4) is 0 Å². The van der Waals surface area contributed by atoms with E-state index in [2.05, 4.69) is 28.4 Å². The largest absolute Gasteiger partial charge is 0.497 e. The van der Waals surface area contributed by atoms with Gasteiger partial charge in [0.2, 0.25) is 5.91 Å². The maximum Gasteiger partial charge on any atom is 0.258 e. The Labute approximate surface area is 210 Å². The molecule has 2 aromatic heterocycles. The van der Waals surface area contributed by atoms with Gasteiger partial charge in [-0.2, -0.15) is 0 Å². The van der Waals surface area contributed by atoms with Gasteiger partial charge in [0.25, 0.3) is 5.91 Å². The Morgan fingerprint density at radius 3 is 2.67 bits per heavy atom. The van der Waals surface area contributed by atoms with Gasteiger partial charge in [-0.15, -0.1) is 0 Å². The van der Waals surface area contributed by atoms with E-state index in [0.29, 0.717) is 48.6 Å². The standard InChI is InChI=1S/C28H29FN4O3/c1-19-14-24(18-30-16-19)28(35)32-26-9-7-22(17-31-26)8-10-27(34)33-12-5-6-23(11-13-33)25(15-20(2)29)21(3)36-4/h6-10,14-18H,2-3,5,11-13H2,1,4H3,(H,31,32,35)/b10-8+,25-15+. The minimum absolute atomic E-state index is 0.139. The highest BCUT2D eigenvalue weighted by Gasteiger charge is 2.18. The minimum Gasteiger partial charge on any atom is -0.497 e. The van der Waals surface area contributed by atoms with E-state index in [4.69, 9.17) is 4.74 Å². The summed E-state index contributed by atoms with van der Waals surface area (Å²) in [6, 6.07) is 5.18. The van der Waals surface area contributed by atoms with Gasteiger partial charge in [-0.3, -0.25) is 14.6 Å². The van der Waals surface area contributed by atoms with E-state index in [1.54, 1.807) is 41.6 Å². The van der Waals surface area contributed by atoms with Gasteiger partial charge >= 0.3 is 0 Å². The number of amides is 2. The van der Waals surface area contributed by atoms with Crippen molar-refractivity contribution in [2.45, 2.75) is 19.8 Å². The average Bonchev–Trinajstić information content (AvgIpc) is 3.12. The molecule has 3 heterocycles. The number of methoxy groups -OCH3 is 1. The number of ether oxygens (including phenoxy) is 1. The number of hydrogen-bond acceptors (Lipinski definition) is 5. The average molecular weight is 489 g/mol. The van der Waals surface area contributed by atoms with Crippen molar-refractivity contribution in [1.29, 1.82) is 0 Å². The highest BCUT2D eigenvalue weighted by Crippen LogP contribution is 2.26. The zero-order valence-electron chi connectivity index (χ0n) is 20.5. The molecular weight excluding hydrogens is 459 g/mol. The van der Waals surface area contributed by atoms with Crippen molar-refractivity contribution >= 4 is 23.7 Å². The number of hydrogen-bond donors (Lipinski definition) is 1. The summed E-state index contributed by atoms with van der Waals surface area (Å²) in [5, 5.41) is 2.73. The van der Waals surface area contributed by atoms with E-state index in [1.807, 2.05) is 13.0 Å². The third-order valence-electron chi connectivity index (χ3n) is 5.53. The van der Waals surface area contributed by atoms with Crippen molar-refractivity contribution in [2.24, 2.45) is 0 Å². The number of aromatic nitrogens is 2. The molecule has 3 rings (SSSR count). The third kappa shape index (κ3) is 7.33. The van der Waals surface area contributed by atoms with Crippen LogP contribution in [0.5, 0.6) is 0 Å². The van der Waals surface area contributed by atoms with Gasteiger partial charge < -0.3 is 15.0 Å². The summed E-state index contributed by atoms with van der Waals surface area (Å²) in [6.07, 6.45) is 12.3. The summed E-state index contributed by atoms with van der Waals surface area (Å²) in [7, 11) is 1.48. The van der Waals surface area contributed by atoms with E-state index >= 15 is 0 Å². The van der Waals surface area contributed by atoms with E-state index in [9.17, 15) is 14.0 Å². The van der Waals surface area contributed by atoms with Crippen molar-refractivity contribution in [3.05, 3.63) is 108 Å². The van der Waals surface area contributed by atoms with Crippen LogP contribution in [0.1, 0.15) is 34.3 Å². The molecule has 2 amide bonds. The van der Waals surface area contributed by atoms with Crippen molar-refractivity contribution in [2.75, 3.05) is 25.5 Å². The first kappa shape index (κ1) is 26.3. The molecule has 0 spiro atoms. The first-order chi connectivity index (χ1) is 17.3. The lowest BCUT2D eigenvalue weighted by molar-refractivity contribution is -0.125. The Kier molecular flexibility index (Phi) is 9.05. The number of carbonyl (C=O) groups is 2. The topological polar surface area (TPSA) is 84.4 Å². The van der Waals surface area contributed by atoms with Crippen LogP contribution >= 0.6 is 0 Å². The monoisotopic (exact) mass is 488 g/mol.